The van der Waals surface area contributed by atoms with E-state index in [2.05, 4.69) is 33.3 Å². The zero-order valence-electron chi connectivity index (χ0n) is 9.76. The average Bonchev–Trinajstić information content (AvgIpc) is 2.38. The van der Waals surface area contributed by atoms with Crippen LogP contribution in [0.25, 0.3) is 0 Å². The maximum atomic E-state index is 11.1. The minimum Gasteiger partial charge on any atom is -0.350 e. The van der Waals surface area contributed by atoms with Crippen molar-refractivity contribution < 1.29 is 4.92 Å². The summed E-state index contributed by atoms with van der Waals surface area (Å²) in [7, 11) is 0. The molecule has 0 aliphatic heterocycles. The highest BCUT2D eigenvalue weighted by molar-refractivity contribution is 14.1. The minimum atomic E-state index is -0.467. The first-order chi connectivity index (χ1) is 9.11. The molecule has 4 N–H and O–H groups in total. The van der Waals surface area contributed by atoms with Gasteiger partial charge in [-0.25, -0.2) is 0 Å². The zero-order chi connectivity index (χ0) is 13.8. The number of hydrogen-bond donors (Lipinski definition) is 3. The van der Waals surface area contributed by atoms with E-state index < -0.39 is 4.92 Å². The molecule has 0 spiro atoms. The summed E-state index contributed by atoms with van der Waals surface area (Å²) in [5.41, 5.74) is 3.69. The number of nitro benzene ring substituents is 1. The van der Waals surface area contributed by atoms with Crippen molar-refractivity contribution in [2.45, 2.75) is 0 Å². The van der Waals surface area contributed by atoms with Crippen LogP contribution >= 0.6 is 22.6 Å². The molecular weight excluding hydrogens is 359 g/mol. The summed E-state index contributed by atoms with van der Waals surface area (Å²) in [5, 5.41) is 14.2. The molecule has 0 saturated carbocycles. The fraction of sp³-hybridized carbons (Fsp3) is 0. The second-order valence-corrected chi connectivity index (χ2v) is 4.98. The van der Waals surface area contributed by atoms with E-state index in [0.717, 1.165) is 9.26 Å². The Balaban J connectivity index is 2.42. The zero-order valence-corrected chi connectivity index (χ0v) is 11.9. The Labute approximate surface area is 123 Å². The van der Waals surface area contributed by atoms with Crippen molar-refractivity contribution in [3.8, 4) is 0 Å². The Morgan fingerprint density at radius 2 is 1.84 bits per heavy atom. The second kappa shape index (κ2) is 5.85. The third kappa shape index (κ3) is 3.12. The number of rotatable bonds is 4. The van der Waals surface area contributed by atoms with Crippen LogP contribution in [-0.2, 0) is 0 Å². The summed E-state index contributed by atoms with van der Waals surface area (Å²) < 4.78 is 1.04. The number of nitrogens with zero attached hydrogens (tertiary/aromatic N) is 1. The van der Waals surface area contributed by atoms with E-state index in [9.17, 15) is 10.1 Å². The molecule has 0 bridgehead atoms. The van der Waals surface area contributed by atoms with Crippen LogP contribution < -0.4 is 16.6 Å². The molecule has 0 aliphatic rings. The Morgan fingerprint density at radius 1 is 1.16 bits per heavy atom. The molecule has 2 aromatic rings. The van der Waals surface area contributed by atoms with Crippen molar-refractivity contribution in [1.29, 1.82) is 0 Å². The van der Waals surface area contributed by atoms with Gasteiger partial charge in [0, 0.05) is 9.26 Å². The first-order valence-electron chi connectivity index (χ1n) is 5.38. The summed E-state index contributed by atoms with van der Waals surface area (Å²) in [6.07, 6.45) is 0. The van der Waals surface area contributed by atoms with Gasteiger partial charge in [0.1, 0.15) is 11.4 Å². The Morgan fingerprint density at radius 3 is 2.47 bits per heavy atom. The van der Waals surface area contributed by atoms with Gasteiger partial charge >= 0.3 is 5.69 Å². The predicted octanol–water partition coefficient (Wildman–Crippen LogP) is 3.23. The molecule has 0 amide bonds. The van der Waals surface area contributed by atoms with Crippen LogP contribution in [0, 0.1) is 13.7 Å². The summed E-state index contributed by atoms with van der Waals surface area (Å²) in [5.74, 6) is 5.29. The summed E-state index contributed by atoms with van der Waals surface area (Å²) in [6, 6.07) is 12.4. The van der Waals surface area contributed by atoms with E-state index >= 15 is 0 Å². The lowest BCUT2D eigenvalue weighted by Gasteiger charge is -2.10. The predicted molar refractivity (Wildman–Crippen MR) is 83.3 cm³/mol. The Bertz CT molecular complexity index is 618. The molecule has 0 fully saturated rings. The highest BCUT2D eigenvalue weighted by atomic mass is 127. The van der Waals surface area contributed by atoms with Crippen LogP contribution in [-0.4, -0.2) is 4.92 Å². The third-order valence-corrected chi connectivity index (χ3v) is 3.15. The molecule has 2 rings (SSSR count). The highest BCUT2D eigenvalue weighted by Gasteiger charge is 2.19. The van der Waals surface area contributed by atoms with Crippen molar-refractivity contribution in [1.82, 2.24) is 0 Å². The topological polar surface area (TPSA) is 93.2 Å². The Hall–Kier alpha value is -1.87. The quantitative estimate of drug-likeness (QED) is 0.333. The molecule has 0 aromatic heterocycles. The molecular formula is C12H11IN4O2. The molecule has 2 aromatic carbocycles. The van der Waals surface area contributed by atoms with Gasteiger partial charge in [-0.05, 0) is 52.9 Å². The van der Waals surface area contributed by atoms with Crippen molar-refractivity contribution >= 4 is 45.3 Å². The lowest BCUT2D eigenvalue weighted by Crippen LogP contribution is -2.10. The van der Waals surface area contributed by atoms with E-state index in [1.165, 1.54) is 0 Å². The third-order valence-electron chi connectivity index (χ3n) is 2.48. The SMILES string of the molecule is NNc1cccc(Nc2cccc(I)c2)c1[N+](=O)[O-]. The number of nitrogen functional groups attached to an aromatic ring is 1. The molecule has 0 radical (unpaired) electrons. The van der Waals surface area contributed by atoms with Gasteiger partial charge in [0.05, 0.1) is 4.92 Å². The van der Waals surface area contributed by atoms with E-state index in [-0.39, 0.29) is 11.4 Å². The lowest BCUT2D eigenvalue weighted by molar-refractivity contribution is -0.383. The number of halogens is 1. The maximum absolute atomic E-state index is 11.1. The van der Waals surface area contributed by atoms with Crippen molar-refractivity contribution in [3.05, 3.63) is 56.1 Å². The molecule has 7 heteroatoms. The monoisotopic (exact) mass is 370 g/mol. The number of hydrazine groups is 1. The van der Waals surface area contributed by atoms with Crippen LogP contribution in [0.4, 0.5) is 22.7 Å². The molecule has 0 saturated heterocycles. The smallest absolute Gasteiger partial charge is 0.316 e. The summed E-state index contributed by atoms with van der Waals surface area (Å²) in [4.78, 5) is 10.7. The second-order valence-electron chi connectivity index (χ2n) is 3.74. The molecule has 98 valence electrons. The fourth-order valence-corrected chi connectivity index (χ4v) is 2.22. The number of para-hydroxylation sites is 1. The molecule has 0 aliphatic carbocycles. The van der Waals surface area contributed by atoms with Crippen LogP contribution in [0.5, 0.6) is 0 Å². The van der Waals surface area contributed by atoms with Gasteiger partial charge in [0.2, 0.25) is 0 Å². The van der Waals surface area contributed by atoms with Crippen molar-refractivity contribution in [2.24, 2.45) is 5.84 Å². The fourth-order valence-electron chi connectivity index (χ4n) is 1.68. The van der Waals surface area contributed by atoms with Gasteiger partial charge in [-0.15, -0.1) is 0 Å². The summed E-state index contributed by atoms with van der Waals surface area (Å²) >= 11 is 2.18. The Kier molecular flexibility index (Phi) is 4.17. The normalized spacial score (nSPS) is 10.0. The van der Waals surface area contributed by atoms with Crippen LogP contribution in [0.15, 0.2) is 42.5 Å². The number of nitrogens with one attached hydrogen (secondary N) is 2. The summed E-state index contributed by atoms with van der Waals surface area (Å²) in [6.45, 7) is 0. The minimum absolute atomic E-state index is 0.0798. The standard InChI is InChI=1S/C12H11IN4O2/c13-8-3-1-4-9(7-8)15-10-5-2-6-11(16-14)12(10)17(18)19/h1-7,15-16H,14H2. The molecule has 6 nitrogen and oxygen atoms in total. The van der Waals surface area contributed by atoms with E-state index in [4.69, 9.17) is 5.84 Å². The first kappa shape index (κ1) is 13.6. The molecule has 0 heterocycles. The van der Waals surface area contributed by atoms with Gasteiger partial charge in [0.15, 0.2) is 0 Å². The van der Waals surface area contributed by atoms with Gasteiger partial charge < -0.3 is 10.7 Å². The number of hydrogen-bond acceptors (Lipinski definition) is 5. The van der Waals surface area contributed by atoms with E-state index in [0.29, 0.717) is 5.69 Å². The molecule has 19 heavy (non-hydrogen) atoms. The van der Waals surface area contributed by atoms with E-state index in [1.807, 2.05) is 24.3 Å². The average molecular weight is 370 g/mol. The number of anilines is 3. The highest BCUT2D eigenvalue weighted by Crippen LogP contribution is 2.34. The van der Waals surface area contributed by atoms with E-state index in [1.54, 1.807) is 18.2 Å². The maximum Gasteiger partial charge on any atom is 0.316 e. The first-order valence-corrected chi connectivity index (χ1v) is 6.46. The van der Waals surface area contributed by atoms with Crippen LogP contribution in [0.2, 0.25) is 0 Å². The molecule has 0 atom stereocenters. The largest absolute Gasteiger partial charge is 0.350 e. The van der Waals surface area contributed by atoms with Crippen LogP contribution in [0.1, 0.15) is 0 Å². The molecule has 0 unspecified atom stereocenters. The van der Waals surface area contributed by atoms with Crippen LogP contribution in [0.3, 0.4) is 0 Å². The number of nitrogens with two attached hydrogens (primary N) is 1. The number of benzene rings is 2. The van der Waals surface area contributed by atoms with Gasteiger partial charge in [-0.2, -0.15) is 0 Å². The van der Waals surface area contributed by atoms with Gasteiger partial charge in [-0.1, -0.05) is 12.1 Å². The van der Waals surface area contributed by atoms with Crippen molar-refractivity contribution in [3.63, 3.8) is 0 Å². The van der Waals surface area contributed by atoms with Gasteiger partial charge in [-0.3, -0.25) is 16.0 Å². The number of nitro groups is 1. The van der Waals surface area contributed by atoms with Gasteiger partial charge in [0.25, 0.3) is 0 Å². The lowest BCUT2D eigenvalue weighted by atomic mass is 10.2. The van der Waals surface area contributed by atoms with Crippen molar-refractivity contribution in [2.75, 3.05) is 10.7 Å².